The fraction of sp³-hybridized carbons (Fsp3) is 0.400. The molecule has 2 heterocycles. The second-order valence-electron chi connectivity index (χ2n) is 6.72. The molecule has 1 saturated heterocycles. The van der Waals surface area contributed by atoms with Gasteiger partial charge in [-0.1, -0.05) is 17.7 Å². The van der Waals surface area contributed by atoms with Gasteiger partial charge < -0.3 is 14.5 Å². The smallest absolute Gasteiger partial charge is 0.263 e. The van der Waals surface area contributed by atoms with Crippen molar-refractivity contribution in [2.45, 2.75) is 19.4 Å². The molecular formula is C20H23ClN2O3S. The first-order valence-electron chi connectivity index (χ1n) is 8.89. The van der Waals surface area contributed by atoms with Crippen molar-refractivity contribution in [3.05, 3.63) is 51.2 Å². The zero-order valence-electron chi connectivity index (χ0n) is 15.5. The molecule has 0 aliphatic carbocycles. The monoisotopic (exact) mass is 406 g/mol. The zero-order valence-corrected chi connectivity index (χ0v) is 17.1. The van der Waals surface area contributed by atoms with Crippen molar-refractivity contribution in [2.24, 2.45) is 5.92 Å². The Bertz CT molecular complexity index is 810. The van der Waals surface area contributed by atoms with Crippen molar-refractivity contribution in [2.75, 3.05) is 27.2 Å². The second-order valence-corrected chi connectivity index (χ2v) is 8.10. The Morgan fingerprint density at radius 3 is 2.89 bits per heavy atom. The minimum Gasteiger partial charge on any atom is -0.496 e. The van der Waals surface area contributed by atoms with Crippen LogP contribution < -0.4 is 4.74 Å². The van der Waals surface area contributed by atoms with E-state index in [1.54, 1.807) is 36.1 Å². The van der Waals surface area contributed by atoms with Crippen LogP contribution in [0.4, 0.5) is 0 Å². The van der Waals surface area contributed by atoms with Crippen molar-refractivity contribution in [1.29, 1.82) is 0 Å². The molecule has 0 saturated carbocycles. The molecule has 1 fully saturated rings. The first-order valence-corrected chi connectivity index (χ1v) is 10.2. The van der Waals surface area contributed by atoms with Gasteiger partial charge in [0.1, 0.15) is 5.75 Å². The molecule has 0 spiro atoms. The number of methoxy groups -OCH3 is 1. The number of carbonyl (C=O) groups excluding carboxylic acids is 2. The van der Waals surface area contributed by atoms with Crippen LogP contribution in [0.15, 0.2) is 35.7 Å². The van der Waals surface area contributed by atoms with Gasteiger partial charge in [-0.05, 0) is 42.5 Å². The quantitative estimate of drug-likeness (QED) is 0.756. The fourth-order valence-electron chi connectivity index (χ4n) is 3.44. The summed E-state index contributed by atoms with van der Waals surface area (Å²) in [6, 6.07) is 9.09. The number of nitrogens with zero attached hydrogens (tertiary/aromatic N) is 2. The predicted molar refractivity (Wildman–Crippen MR) is 107 cm³/mol. The second kappa shape index (κ2) is 8.76. The van der Waals surface area contributed by atoms with E-state index in [9.17, 15) is 9.59 Å². The lowest BCUT2D eigenvalue weighted by Crippen LogP contribution is -2.45. The van der Waals surface area contributed by atoms with Crippen molar-refractivity contribution >= 4 is 34.8 Å². The maximum atomic E-state index is 13.0. The number of amides is 2. The average Bonchev–Trinajstić information content (AvgIpc) is 3.22. The first kappa shape index (κ1) is 19.7. The Hall–Kier alpha value is -2.05. The lowest BCUT2D eigenvalue weighted by atomic mass is 9.96. The summed E-state index contributed by atoms with van der Waals surface area (Å²) in [5.41, 5.74) is 0.864. The van der Waals surface area contributed by atoms with Crippen LogP contribution in [0.2, 0.25) is 5.02 Å². The molecule has 144 valence electrons. The molecule has 1 atom stereocenters. The SMILES string of the molecule is COc1ccc(Cl)cc1CN(C)C(=O)C1CCCN(C(=O)c2cccs2)C1. The van der Waals surface area contributed by atoms with Gasteiger partial charge in [0.25, 0.3) is 5.91 Å². The summed E-state index contributed by atoms with van der Waals surface area (Å²) in [6.07, 6.45) is 1.63. The van der Waals surface area contributed by atoms with Gasteiger partial charge in [0, 0.05) is 37.3 Å². The Morgan fingerprint density at radius 1 is 1.37 bits per heavy atom. The zero-order chi connectivity index (χ0) is 19.4. The maximum absolute atomic E-state index is 13.0. The normalized spacial score (nSPS) is 16.9. The number of likely N-dealkylation sites (tertiary alicyclic amines) is 1. The number of carbonyl (C=O) groups is 2. The van der Waals surface area contributed by atoms with Crippen LogP contribution in [0, 0.1) is 5.92 Å². The minimum absolute atomic E-state index is 0.0154. The van der Waals surface area contributed by atoms with Crippen LogP contribution in [0.25, 0.3) is 0 Å². The summed E-state index contributed by atoms with van der Waals surface area (Å²) in [4.78, 5) is 29.8. The van der Waals surface area contributed by atoms with E-state index in [4.69, 9.17) is 16.3 Å². The highest BCUT2D eigenvalue weighted by atomic mass is 35.5. The molecule has 3 rings (SSSR count). The van der Waals surface area contributed by atoms with Gasteiger partial charge in [-0.2, -0.15) is 0 Å². The number of hydrogen-bond acceptors (Lipinski definition) is 4. The van der Waals surface area contributed by atoms with E-state index < -0.39 is 0 Å². The lowest BCUT2D eigenvalue weighted by Gasteiger charge is -2.34. The molecule has 1 aliphatic heterocycles. The Balaban J connectivity index is 1.66. The number of benzene rings is 1. The highest BCUT2D eigenvalue weighted by molar-refractivity contribution is 7.12. The van der Waals surface area contributed by atoms with E-state index in [2.05, 4.69) is 0 Å². The molecule has 1 aliphatic rings. The topological polar surface area (TPSA) is 49.9 Å². The predicted octanol–water partition coefficient (Wildman–Crippen LogP) is 3.92. The number of ether oxygens (including phenoxy) is 1. The summed E-state index contributed by atoms with van der Waals surface area (Å²) in [6.45, 7) is 1.58. The van der Waals surface area contributed by atoms with E-state index in [-0.39, 0.29) is 17.7 Å². The van der Waals surface area contributed by atoms with Gasteiger partial charge in [0.15, 0.2) is 0 Å². The van der Waals surface area contributed by atoms with Gasteiger partial charge in [0.05, 0.1) is 17.9 Å². The molecule has 2 aromatic rings. The summed E-state index contributed by atoms with van der Waals surface area (Å²) in [5.74, 6) is 0.581. The molecule has 27 heavy (non-hydrogen) atoms. The molecule has 1 aromatic carbocycles. The molecule has 2 amide bonds. The first-order chi connectivity index (χ1) is 13.0. The molecule has 5 nitrogen and oxygen atoms in total. The summed E-state index contributed by atoms with van der Waals surface area (Å²) >= 11 is 7.52. The summed E-state index contributed by atoms with van der Waals surface area (Å²) in [5, 5.41) is 2.50. The van der Waals surface area contributed by atoms with Gasteiger partial charge in [-0.25, -0.2) is 0 Å². The van der Waals surface area contributed by atoms with E-state index in [0.29, 0.717) is 30.4 Å². The number of piperidine rings is 1. The minimum atomic E-state index is -0.183. The highest BCUT2D eigenvalue weighted by Crippen LogP contribution is 2.26. The number of rotatable bonds is 5. The molecule has 7 heteroatoms. The molecule has 1 aromatic heterocycles. The van der Waals surface area contributed by atoms with E-state index in [1.165, 1.54) is 11.3 Å². The number of hydrogen-bond donors (Lipinski definition) is 0. The van der Waals surface area contributed by atoms with Gasteiger partial charge in [-0.3, -0.25) is 9.59 Å². The van der Waals surface area contributed by atoms with E-state index >= 15 is 0 Å². The lowest BCUT2D eigenvalue weighted by molar-refractivity contribution is -0.136. The van der Waals surface area contributed by atoms with Gasteiger partial charge in [0.2, 0.25) is 5.91 Å². The fourth-order valence-corrected chi connectivity index (χ4v) is 4.32. The highest BCUT2D eigenvalue weighted by Gasteiger charge is 2.31. The Labute approximate surface area is 168 Å². The van der Waals surface area contributed by atoms with Crippen LogP contribution in [-0.4, -0.2) is 48.9 Å². The van der Waals surface area contributed by atoms with Crippen LogP contribution in [0.3, 0.4) is 0 Å². The largest absolute Gasteiger partial charge is 0.496 e. The Morgan fingerprint density at radius 2 is 2.19 bits per heavy atom. The summed E-state index contributed by atoms with van der Waals surface area (Å²) in [7, 11) is 3.38. The Kier molecular flexibility index (Phi) is 6.39. The molecule has 0 bridgehead atoms. The van der Waals surface area contributed by atoms with Crippen LogP contribution in [0.5, 0.6) is 5.75 Å². The third-order valence-corrected chi connectivity index (χ3v) is 5.91. The van der Waals surface area contributed by atoms with Crippen molar-refractivity contribution in [3.63, 3.8) is 0 Å². The van der Waals surface area contributed by atoms with Crippen molar-refractivity contribution in [3.8, 4) is 5.75 Å². The molecule has 0 N–H and O–H groups in total. The third kappa shape index (κ3) is 4.62. The summed E-state index contributed by atoms with van der Waals surface area (Å²) < 4.78 is 5.37. The third-order valence-electron chi connectivity index (χ3n) is 4.82. The molecular weight excluding hydrogens is 384 g/mol. The van der Waals surface area contributed by atoms with E-state index in [1.807, 2.05) is 23.6 Å². The number of thiophene rings is 1. The van der Waals surface area contributed by atoms with Crippen LogP contribution in [-0.2, 0) is 11.3 Å². The maximum Gasteiger partial charge on any atom is 0.263 e. The van der Waals surface area contributed by atoms with Gasteiger partial charge >= 0.3 is 0 Å². The molecule has 1 unspecified atom stereocenters. The van der Waals surface area contributed by atoms with Crippen LogP contribution in [0.1, 0.15) is 28.1 Å². The standard InChI is InChI=1S/C20H23ClN2O3S/c1-22(12-15-11-16(21)7-8-17(15)26-2)19(24)14-5-3-9-23(13-14)20(25)18-6-4-10-27-18/h4,6-8,10-11,14H,3,5,9,12-13H2,1-2H3. The average molecular weight is 407 g/mol. The van der Waals surface area contributed by atoms with Crippen molar-refractivity contribution in [1.82, 2.24) is 9.80 Å². The van der Waals surface area contributed by atoms with Gasteiger partial charge in [-0.15, -0.1) is 11.3 Å². The van der Waals surface area contributed by atoms with Crippen molar-refractivity contribution < 1.29 is 14.3 Å². The van der Waals surface area contributed by atoms with E-state index in [0.717, 1.165) is 23.3 Å². The molecule has 0 radical (unpaired) electrons. The number of halogens is 1. The van der Waals surface area contributed by atoms with Crippen LogP contribution >= 0.6 is 22.9 Å².